The minimum absolute atomic E-state index is 0.193. The maximum atomic E-state index is 12.5. The number of benzene rings is 1. The van der Waals surface area contributed by atoms with Crippen molar-refractivity contribution in [3.63, 3.8) is 0 Å². The van der Waals surface area contributed by atoms with Crippen LogP contribution in [0.4, 0.5) is 0 Å². The van der Waals surface area contributed by atoms with E-state index < -0.39 is 12.5 Å². The van der Waals surface area contributed by atoms with E-state index in [1.807, 2.05) is 24.3 Å². The molecule has 1 saturated heterocycles. The molecule has 2 amide bonds. The molecule has 1 aliphatic carbocycles. The van der Waals surface area contributed by atoms with Crippen LogP contribution >= 0.6 is 11.3 Å². The molecule has 0 radical (unpaired) electrons. The molecule has 154 valence electrons. The van der Waals surface area contributed by atoms with Gasteiger partial charge in [-0.15, -0.1) is 0 Å². The van der Waals surface area contributed by atoms with E-state index in [0.717, 1.165) is 28.0 Å². The maximum absolute atomic E-state index is 12.5. The minimum atomic E-state index is -0.686. The summed E-state index contributed by atoms with van der Waals surface area (Å²) in [5.41, 5.74) is 0.858. The summed E-state index contributed by atoms with van der Waals surface area (Å²) in [5.74, 6) is -1.82. The van der Waals surface area contributed by atoms with Crippen LogP contribution < -0.4 is 5.56 Å². The van der Waals surface area contributed by atoms with Gasteiger partial charge in [0, 0.05) is 6.07 Å². The molecule has 9 heteroatoms. The molecule has 2 aromatic heterocycles. The standard InChI is InChI=1S/C21H19N3O5S/c25-17-9-12(22-21-24(17)15-7-3-4-8-16(15)30-21)11-29-18(26)10-23-19(27)13-5-1-2-6-14(13)20(23)28/h3-4,7-9,13-14H,1-2,5-6,10-11H2/t13-,14+. The Balaban J connectivity index is 1.29. The highest BCUT2D eigenvalue weighted by Gasteiger charge is 2.48. The smallest absolute Gasteiger partial charge is 0.326 e. The van der Waals surface area contributed by atoms with Crippen LogP contribution in [0.15, 0.2) is 35.1 Å². The summed E-state index contributed by atoms with van der Waals surface area (Å²) in [6.45, 7) is -0.587. The number of para-hydroxylation sites is 1. The number of rotatable bonds is 4. The van der Waals surface area contributed by atoms with Crippen LogP contribution in [0.5, 0.6) is 0 Å². The highest BCUT2D eigenvalue weighted by atomic mass is 32.1. The van der Waals surface area contributed by atoms with Gasteiger partial charge >= 0.3 is 5.97 Å². The average Bonchev–Trinajstić information content (AvgIpc) is 3.24. The molecule has 5 rings (SSSR count). The fourth-order valence-corrected chi connectivity index (χ4v) is 5.46. The zero-order valence-corrected chi connectivity index (χ0v) is 16.9. The highest BCUT2D eigenvalue weighted by Crippen LogP contribution is 2.37. The van der Waals surface area contributed by atoms with Crippen LogP contribution in [0.3, 0.4) is 0 Å². The summed E-state index contributed by atoms with van der Waals surface area (Å²) in [4.78, 5) is 55.7. The molecule has 0 unspecified atom stereocenters. The summed E-state index contributed by atoms with van der Waals surface area (Å²) >= 11 is 1.38. The van der Waals surface area contributed by atoms with Gasteiger partial charge in [0.05, 0.1) is 27.7 Å². The van der Waals surface area contributed by atoms with Gasteiger partial charge in [-0.25, -0.2) is 4.98 Å². The van der Waals surface area contributed by atoms with Crippen molar-refractivity contribution >= 4 is 44.3 Å². The van der Waals surface area contributed by atoms with Crippen LogP contribution in [-0.2, 0) is 25.7 Å². The normalized spacial score (nSPS) is 21.4. The van der Waals surface area contributed by atoms with Crippen molar-refractivity contribution in [1.82, 2.24) is 14.3 Å². The number of fused-ring (bicyclic) bond motifs is 4. The summed E-state index contributed by atoms with van der Waals surface area (Å²) in [6, 6.07) is 8.84. The van der Waals surface area contributed by atoms with Crippen LogP contribution in [0.1, 0.15) is 31.4 Å². The van der Waals surface area contributed by atoms with Crippen molar-refractivity contribution in [2.75, 3.05) is 6.54 Å². The summed E-state index contributed by atoms with van der Waals surface area (Å²) in [7, 11) is 0. The molecule has 3 aromatic rings. The first-order chi connectivity index (χ1) is 14.5. The molecular formula is C21H19N3O5S. The lowest BCUT2D eigenvalue weighted by atomic mass is 9.81. The minimum Gasteiger partial charge on any atom is -0.458 e. The van der Waals surface area contributed by atoms with Crippen molar-refractivity contribution in [2.24, 2.45) is 11.8 Å². The summed E-state index contributed by atoms with van der Waals surface area (Å²) in [6.07, 6.45) is 3.26. The lowest BCUT2D eigenvalue weighted by Gasteiger charge is -2.19. The number of likely N-dealkylation sites (tertiary alicyclic amines) is 1. The molecule has 0 spiro atoms. The van der Waals surface area contributed by atoms with E-state index in [-0.39, 0.29) is 35.8 Å². The Hall–Kier alpha value is -3.07. The number of nitrogens with zero attached hydrogens (tertiary/aromatic N) is 3. The van der Waals surface area contributed by atoms with E-state index >= 15 is 0 Å². The van der Waals surface area contributed by atoms with Gasteiger partial charge in [0.1, 0.15) is 13.2 Å². The molecule has 0 N–H and O–H groups in total. The van der Waals surface area contributed by atoms with Crippen molar-refractivity contribution < 1.29 is 19.1 Å². The molecule has 1 aliphatic heterocycles. The number of carbonyl (C=O) groups is 3. The topological polar surface area (TPSA) is 98.0 Å². The second-order valence-electron chi connectivity index (χ2n) is 7.69. The van der Waals surface area contributed by atoms with Crippen LogP contribution in [0.25, 0.3) is 15.2 Å². The first kappa shape index (κ1) is 18.9. The molecule has 2 fully saturated rings. The zero-order valence-electron chi connectivity index (χ0n) is 16.1. The summed E-state index contributed by atoms with van der Waals surface area (Å²) in [5, 5.41) is 0. The SMILES string of the molecule is O=C(CN1C(=O)[C@H]2CCCC[C@H]2C1=O)OCc1cc(=O)n2c(n1)sc1ccccc12. The molecular weight excluding hydrogens is 406 g/mol. The second-order valence-corrected chi connectivity index (χ2v) is 8.70. The zero-order chi connectivity index (χ0) is 20.8. The number of hydrogen-bond acceptors (Lipinski definition) is 7. The van der Waals surface area contributed by atoms with Gasteiger partial charge in [-0.3, -0.25) is 28.5 Å². The van der Waals surface area contributed by atoms with E-state index in [9.17, 15) is 19.2 Å². The van der Waals surface area contributed by atoms with E-state index in [2.05, 4.69) is 4.98 Å². The van der Waals surface area contributed by atoms with Crippen molar-refractivity contribution in [3.8, 4) is 0 Å². The third kappa shape index (κ3) is 3.09. The van der Waals surface area contributed by atoms with E-state index in [1.54, 1.807) is 0 Å². The first-order valence-corrected chi connectivity index (χ1v) is 10.8. The molecule has 1 saturated carbocycles. The Morgan fingerprint density at radius 3 is 2.53 bits per heavy atom. The number of carbonyl (C=O) groups excluding carboxylic acids is 3. The number of thiazole rings is 1. The monoisotopic (exact) mass is 425 g/mol. The number of amides is 2. The lowest BCUT2D eigenvalue weighted by Crippen LogP contribution is -2.36. The number of ether oxygens (including phenoxy) is 1. The Kier molecular flexibility index (Phi) is 4.62. The third-order valence-corrected chi connectivity index (χ3v) is 6.87. The molecule has 2 aliphatic rings. The Morgan fingerprint density at radius 2 is 1.80 bits per heavy atom. The largest absolute Gasteiger partial charge is 0.458 e. The van der Waals surface area contributed by atoms with Gasteiger partial charge in [-0.05, 0) is 25.0 Å². The molecule has 1 aromatic carbocycles. The van der Waals surface area contributed by atoms with Crippen molar-refractivity contribution in [3.05, 3.63) is 46.4 Å². The van der Waals surface area contributed by atoms with Gasteiger partial charge in [0.2, 0.25) is 11.8 Å². The van der Waals surface area contributed by atoms with E-state index in [0.29, 0.717) is 23.5 Å². The quantitative estimate of drug-likeness (QED) is 0.469. The van der Waals surface area contributed by atoms with Crippen LogP contribution in [-0.4, -0.2) is 38.6 Å². The second kappa shape index (κ2) is 7.32. The van der Waals surface area contributed by atoms with E-state index in [4.69, 9.17) is 4.74 Å². The Morgan fingerprint density at radius 1 is 1.10 bits per heavy atom. The summed E-state index contributed by atoms with van der Waals surface area (Å²) < 4.78 is 7.68. The lowest BCUT2D eigenvalue weighted by molar-refractivity contribution is -0.153. The van der Waals surface area contributed by atoms with Gasteiger partial charge < -0.3 is 4.74 Å². The molecule has 0 bridgehead atoms. The number of imide groups is 1. The fraction of sp³-hybridized carbons (Fsp3) is 0.381. The Bertz CT molecular complexity index is 1220. The third-order valence-electron chi connectivity index (χ3n) is 5.85. The predicted molar refractivity (Wildman–Crippen MR) is 109 cm³/mol. The molecule has 8 nitrogen and oxygen atoms in total. The first-order valence-electron chi connectivity index (χ1n) is 9.94. The highest BCUT2D eigenvalue weighted by molar-refractivity contribution is 7.23. The number of esters is 1. The van der Waals surface area contributed by atoms with Gasteiger partial charge in [-0.2, -0.15) is 0 Å². The Labute approximate surface area is 175 Å². The average molecular weight is 425 g/mol. The number of hydrogen-bond donors (Lipinski definition) is 0. The van der Waals surface area contributed by atoms with Crippen LogP contribution in [0.2, 0.25) is 0 Å². The predicted octanol–water partition coefficient (Wildman–Crippen LogP) is 2.13. The molecule has 2 atom stereocenters. The molecule has 3 heterocycles. The van der Waals surface area contributed by atoms with Gasteiger partial charge in [0.25, 0.3) is 5.56 Å². The fourth-order valence-electron chi connectivity index (χ4n) is 4.41. The maximum Gasteiger partial charge on any atom is 0.326 e. The van der Waals surface area contributed by atoms with E-state index in [1.165, 1.54) is 21.8 Å². The van der Waals surface area contributed by atoms with Gasteiger partial charge in [-0.1, -0.05) is 36.3 Å². The van der Waals surface area contributed by atoms with Gasteiger partial charge in [0.15, 0.2) is 4.96 Å². The molecule has 30 heavy (non-hydrogen) atoms. The van der Waals surface area contributed by atoms with Crippen LogP contribution in [0, 0.1) is 11.8 Å². The van der Waals surface area contributed by atoms with Crippen molar-refractivity contribution in [2.45, 2.75) is 32.3 Å². The van der Waals surface area contributed by atoms with Crippen molar-refractivity contribution in [1.29, 1.82) is 0 Å². The number of aromatic nitrogens is 2.